The molecule has 3 aliphatic rings. The van der Waals surface area contributed by atoms with Crippen molar-refractivity contribution >= 4 is 22.8 Å². The van der Waals surface area contributed by atoms with E-state index in [1.54, 1.807) is 11.1 Å². The third-order valence-electron chi connectivity index (χ3n) is 9.78. The second kappa shape index (κ2) is 13.5. The maximum absolute atomic E-state index is 14.0. The topological polar surface area (TPSA) is 147 Å². The Bertz CT molecular complexity index is 1690. The predicted octanol–water partition coefficient (Wildman–Crippen LogP) is 1.97. The summed E-state index contributed by atoms with van der Waals surface area (Å²) in [5.74, 6) is 0.495. The van der Waals surface area contributed by atoms with Crippen LogP contribution in [0.5, 0.6) is 0 Å². The summed E-state index contributed by atoms with van der Waals surface area (Å²) >= 11 is 0. The molecule has 0 radical (unpaired) electrons. The number of likely N-dealkylation sites (tertiary alicyclic amines) is 1. The van der Waals surface area contributed by atoms with Gasteiger partial charge in [-0.25, -0.2) is 14.3 Å². The molecule has 0 spiro atoms. The standard InChI is InChI=1S/C33H42N10O3/c44-31(41-18-16-40(17-19-41)26-8-12-34-13-9-26)29(21-23-6-7-28-25(20-23)22-35-38-28)36-32(45)42-14-10-27(11-15-42)43-33(46)37-30(39-43)24-4-2-1-3-5-24/h1-7,20,22,26-27,29,34H,8-19,21H2,(H,35,38)(H,36,45)(H,37,39,46). The van der Waals surface area contributed by atoms with E-state index in [2.05, 4.69) is 35.8 Å². The molecule has 46 heavy (non-hydrogen) atoms. The SMILES string of the molecule is O=C(NC(Cc1ccc2[nH]ncc2c1)C(=O)N1CCN(C2CCNCC2)CC1)N1CCC(n2nc(-c3ccccc3)[nH]c2=O)CC1. The third-order valence-corrected chi connectivity index (χ3v) is 9.78. The van der Waals surface area contributed by atoms with Crippen LogP contribution in [-0.4, -0.2) is 116 Å². The molecule has 1 atom stereocenters. The molecule has 2 aromatic heterocycles. The molecule has 3 saturated heterocycles. The van der Waals surface area contributed by atoms with Gasteiger partial charge in [-0.05, 0) is 56.5 Å². The Kier molecular flexibility index (Phi) is 8.84. The summed E-state index contributed by atoms with van der Waals surface area (Å²) < 4.78 is 1.51. The van der Waals surface area contributed by atoms with Gasteiger partial charge in [-0.2, -0.15) is 5.10 Å². The van der Waals surface area contributed by atoms with Gasteiger partial charge in [-0.3, -0.25) is 19.8 Å². The number of piperidine rings is 2. The summed E-state index contributed by atoms with van der Waals surface area (Å²) in [4.78, 5) is 49.4. The van der Waals surface area contributed by atoms with Gasteiger partial charge in [0.05, 0.1) is 17.8 Å². The number of piperazine rings is 1. The fourth-order valence-electron chi connectivity index (χ4n) is 7.12. The molecule has 13 nitrogen and oxygen atoms in total. The van der Waals surface area contributed by atoms with E-state index in [0.717, 1.165) is 61.1 Å². The molecular formula is C33H42N10O3. The van der Waals surface area contributed by atoms with Crippen LogP contribution < -0.4 is 16.3 Å². The summed E-state index contributed by atoms with van der Waals surface area (Å²) in [7, 11) is 0. The molecule has 0 bridgehead atoms. The molecule has 4 N–H and O–H groups in total. The Balaban J connectivity index is 1.01. The fourth-order valence-corrected chi connectivity index (χ4v) is 7.12. The number of H-pyrrole nitrogens is 2. The van der Waals surface area contributed by atoms with Gasteiger partial charge in [-0.1, -0.05) is 36.4 Å². The number of aromatic amines is 2. The van der Waals surface area contributed by atoms with Gasteiger partial charge in [0.25, 0.3) is 0 Å². The third kappa shape index (κ3) is 6.56. The van der Waals surface area contributed by atoms with E-state index in [1.807, 2.05) is 53.4 Å². The van der Waals surface area contributed by atoms with Gasteiger partial charge in [0.1, 0.15) is 6.04 Å². The van der Waals surface area contributed by atoms with Crippen LogP contribution in [0.2, 0.25) is 0 Å². The van der Waals surface area contributed by atoms with E-state index in [-0.39, 0.29) is 23.7 Å². The van der Waals surface area contributed by atoms with Crippen LogP contribution in [0.25, 0.3) is 22.3 Å². The van der Waals surface area contributed by atoms with Gasteiger partial charge >= 0.3 is 11.7 Å². The van der Waals surface area contributed by atoms with Crippen molar-refractivity contribution in [2.75, 3.05) is 52.4 Å². The van der Waals surface area contributed by atoms with Gasteiger partial charge in [0, 0.05) is 62.7 Å². The first-order chi connectivity index (χ1) is 22.5. The van der Waals surface area contributed by atoms with Gasteiger partial charge in [-0.15, -0.1) is 5.10 Å². The fraction of sp³-hybridized carbons (Fsp3) is 0.485. The van der Waals surface area contributed by atoms with E-state index in [1.165, 1.54) is 4.68 Å². The number of fused-ring (bicyclic) bond motifs is 1. The molecule has 242 valence electrons. The van der Waals surface area contributed by atoms with Crippen LogP contribution in [0.15, 0.2) is 59.5 Å². The van der Waals surface area contributed by atoms with Gasteiger partial charge < -0.3 is 20.4 Å². The lowest BCUT2D eigenvalue weighted by Crippen LogP contribution is -2.59. The number of amides is 3. The first-order valence-electron chi connectivity index (χ1n) is 16.5. The number of carbonyl (C=O) groups is 2. The molecule has 1 unspecified atom stereocenters. The van der Waals surface area contributed by atoms with Crippen LogP contribution in [-0.2, 0) is 11.2 Å². The summed E-state index contributed by atoms with van der Waals surface area (Å²) in [6, 6.07) is 15.0. The largest absolute Gasteiger partial charge is 0.343 e. The minimum absolute atomic E-state index is 0.0444. The molecule has 4 aromatic rings. The Morgan fingerprint density at radius 2 is 1.65 bits per heavy atom. The molecule has 3 aliphatic heterocycles. The quantitative estimate of drug-likeness (QED) is 0.245. The lowest BCUT2D eigenvalue weighted by Gasteiger charge is -2.42. The minimum atomic E-state index is -0.692. The zero-order valence-electron chi connectivity index (χ0n) is 26.0. The predicted molar refractivity (Wildman–Crippen MR) is 174 cm³/mol. The molecule has 0 saturated carbocycles. The highest BCUT2D eigenvalue weighted by atomic mass is 16.2. The number of nitrogens with one attached hydrogen (secondary N) is 4. The number of rotatable bonds is 7. The average Bonchev–Trinajstić information content (AvgIpc) is 3.75. The summed E-state index contributed by atoms with van der Waals surface area (Å²) in [6.45, 7) is 6.04. The number of hydrogen-bond donors (Lipinski definition) is 4. The Hall–Kier alpha value is -4.49. The Morgan fingerprint density at radius 3 is 2.41 bits per heavy atom. The zero-order valence-corrected chi connectivity index (χ0v) is 26.0. The lowest BCUT2D eigenvalue weighted by atomic mass is 10.0. The van der Waals surface area contributed by atoms with Crippen LogP contribution in [0, 0.1) is 0 Å². The first kappa shape index (κ1) is 30.2. The van der Waals surface area contributed by atoms with E-state index in [9.17, 15) is 14.4 Å². The van der Waals surface area contributed by atoms with Crippen LogP contribution in [0.4, 0.5) is 4.79 Å². The van der Waals surface area contributed by atoms with E-state index >= 15 is 0 Å². The van der Waals surface area contributed by atoms with E-state index < -0.39 is 6.04 Å². The molecular weight excluding hydrogens is 584 g/mol. The molecule has 0 aliphatic carbocycles. The molecule has 3 fully saturated rings. The maximum atomic E-state index is 14.0. The Labute approximate surface area is 267 Å². The molecule has 5 heterocycles. The average molecular weight is 627 g/mol. The summed E-state index contributed by atoms with van der Waals surface area (Å²) in [5.41, 5.74) is 2.50. The maximum Gasteiger partial charge on any atom is 0.343 e. The van der Waals surface area contributed by atoms with Crippen molar-refractivity contribution in [2.24, 2.45) is 0 Å². The van der Waals surface area contributed by atoms with Crippen molar-refractivity contribution in [3.63, 3.8) is 0 Å². The molecule has 7 rings (SSSR count). The number of urea groups is 1. The highest BCUT2D eigenvalue weighted by molar-refractivity contribution is 5.88. The van der Waals surface area contributed by atoms with Gasteiger partial charge in [0.2, 0.25) is 5.91 Å². The van der Waals surface area contributed by atoms with Gasteiger partial charge in [0.15, 0.2) is 5.82 Å². The lowest BCUT2D eigenvalue weighted by molar-refractivity contribution is -0.135. The number of aromatic nitrogens is 5. The zero-order chi connectivity index (χ0) is 31.5. The van der Waals surface area contributed by atoms with E-state index in [0.29, 0.717) is 57.3 Å². The second-order valence-electron chi connectivity index (χ2n) is 12.6. The van der Waals surface area contributed by atoms with Crippen molar-refractivity contribution in [3.05, 3.63) is 70.8 Å². The van der Waals surface area contributed by atoms with E-state index in [4.69, 9.17) is 0 Å². The van der Waals surface area contributed by atoms with Crippen LogP contribution >= 0.6 is 0 Å². The van der Waals surface area contributed by atoms with Crippen LogP contribution in [0.3, 0.4) is 0 Å². The molecule has 13 heteroatoms. The number of nitrogens with zero attached hydrogens (tertiary/aromatic N) is 6. The second-order valence-corrected chi connectivity index (χ2v) is 12.6. The normalized spacial score (nSPS) is 19.4. The highest BCUT2D eigenvalue weighted by Crippen LogP contribution is 2.23. The van der Waals surface area contributed by atoms with Crippen molar-refractivity contribution in [1.29, 1.82) is 0 Å². The number of carbonyl (C=O) groups excluding carboxylic acids is 2. The van der Waals surface area contributed by atoms with Crippen LogP contribution in [0.1, 0.15) is 37.3 Å². The minimum Gasteiger partial charge on any atom is -0.338 e. The Morgan fingerprint density at radius 1 is 0.891 bits per heavy atom. The van der Waals surface area contributed by atoms with Crippen molar-refractivity contribution in [3.8, 4) is 11.4 Å². The number of benzene rings is 2. The van der Waals surface area contributed by atoms with Crippen molar-refractivity contribution in [2.45, 2.75) is 50.2 Å². The number of hydrogen-bond acceptors (Lipinski definition) is 7. The molecule has 2 aromatic carbocycles. The molecule has 3 amide bonds. The first-order valence-corrected chi connectivity index (χ1v) is 16.5. The summed E-state index contributed by atoms with van der Waals surface area (Å²) in [5, 5.41) is 19.2. The van der Waals surface area contributed by atoms with Crippen molar-refractivity contribution < 1.29 is 9.59 Å². The van der Waals surface area contributed by atoms with Crippen molar-refractivity contribution in [1.82, 2.24) is 50.3 Å². The smallest absolute Gasteiger partial charge is 0.338 e. The summed E-state index contributed by atoms with van der Waals surface area (Å²) in [6.07, 6.45) is 5.64. The monoisotopic (exact) mass is 626 g/mol. The highest BCUT2D eigenvalue weighted by Gasteiger charge is 2.33.